The summed E-state index contributed by atoms with van der Waals surface area (Å²) in [7, 11) is 0. The highest BCUT2D eigenvalue weighted by Crippen LogP contribution is 2.25. The predicted octanol–water partition coefficient (Wildman–Crippen LogP) is 0.634. The number of rotatable bonds is 2. The van der Waals surface area contributed by atoms with Crippen molar-refractivity contribution in [2.75, 3.05) is 18.0 Å². The van der Waals surface area contributed by atoms with E-state index in [4.69, 9.17) is 4.74 Å². The van der Waals surface area contributed by atoms with Crippen LogP contribution in [-0.4, -0.2) is 45.1 Å². The van der Waals surface area contributed by atoms with E-state index in [1.54, 1.807) is 0 Å². The van der Waals surface area contributed by atoms with Gasteiger partial charge in [0.2, 0.25) is 0 Å². The fraction of sp³-hybridized carbons (Fsp3) is 0.455. The van der Waals surface area contributed by atoms with E-state index in [-0.39, 0.29) is 12.1 Å². The molecule has 2 aromatic heterocycles. The van der Waals surface area contributed by atoms with Crippen molar-refractivity contribution in [1.29, 1.82) is 0 Å². The number of imidazole rings is 1. The molecule has 19 heavy (non-hydrogen) atoms. The SMILES string of the molecule is CC(=O)OC1CCN(c2nc(F)nc3nc[nH]c23)C1. The first kappa shape index (κ1) is 11.8. The first-order valence-electron chi connectivity index (χ1n) is 5.92. The molecule has 0 spiro atoms. The molecule has 1 saturated heterocycles. The largest absolute Gasteiger partial charge is 0.461 e. The molecule has 1 unspecified atom stereocenters. The highest BCUT2D eigenvalue weighted by atomic mass is 19.1. The molecule has 100 valence electrons. The second kappa shape index (κ2) is 4.45. The number of carbonyl (C=O) groups excluding carboxylic acids is 1. The summed E-state index contributed by atoms with van der Waals surface area (Å²) in [5.41, 5.74) is 0.878. The third kappa shape index (κ3) is 2.20. The summed E-state index contributed by atoms with van der Waals surface area (Å²) in [5, 5.41) is 0. The second-order valence-corrected chi connectivity index (χ2v) is 4.38. The normalized spacial score (nSPS) is 19.1. The molecule has 8 heteroatoms. The summed E-state index contributed by atoms with van der Waals surface area (Å²) in [4.78, 5) is 27.0. The quantitative estimate of drug-likeness (QED) is 0.633. The molecule has 0 radical (unpaired) electrons. The van der Waals surface area contributed by atoms with Crippen molar-refractivity contribution < 1.29 is 13.9 Å². The number of H-pyrrole nitrogens is 1. The minimum atomic E-state index is -0.814. The van der Waals surface area contributed by atoms with Crippen molar-refractivity contribution in [2.24, 2.45) is 0 Å². The average Bonchev–Trinajstić information content (AvgIpc) is 2.95. The van der Waals surface area contributed by atoms with Crippen LogP contribution in [0, 0.1) is 6.08 Å². The van der Waals surface area contributed by atoms with Gasteiger partial charge >= 0.3 is 12.0 Å². The lowest BCUT2D eigenvalue weighted by Gasteiger charge is -2.17. The average molecular weight is 265 g/mol. The van der Waals surface area contributed by atoms with Gasteiger partial charge in [-0.25, -0.2) is 4.98 Å². The van der Waals surface area contributed by atoms with Crippen molar-refractivity contribution in [3.05, 3.63) is 12.4 Å². The summed E-state index contributed by atoms with van der Waals surface area (Å²) in [5.74, 6) is 0.141. The van der Waals surface area contributed by atoms with Crippen LogP contribution in [0.2, 0.25) is 0 Å². The molecular formula is C11H12FN5O2. The van der Waals surface area contributed by atoms with Crippen molar-refractivity contribution in [2.45, 2.75) is 19.4 Å². The Kier molecular flexibility index (Phi) is 2.77. The van der Waals surface area contributed by atoms with E-state index in [2.05, 4.69) is 19.9 Å². The number of nitrogens with zero attached hydrogens (tertiary/aromatic N) is 4. The minimum absolute atomic E-state index is 0.187. The van der Waals surface area contributed by atoms with Crippen LogP contribution in [0.15, 0.2) is 6.33 Å². The second-order valence-electron chi connectivity index (χ2n) is 4.38. The molecule has 0 aromatic carbocycles. The highest BCUT2D eigenvalue weighted by molar-refractivity contribution is 5.82. The standard InChI is InChI=1S/C11H12FN5O2/c1-6(18)19-7-2-3-17(4-7)10-8-9(14-5-13-8)15-11(12)16-10/h5,7H,2-4H2,1H3,(H,13,14,15,16). The number of esters is 1. The third-order valence-electron chi connectivity index (χ3n) is 3.02. The number of aromatic amines is 1. The number of anilines is 1. The van der Waals surface area contributed by atoms with Gasteiger partial charge in [0.25, 0.3) is 0 Å². The predicted molar refractivity (Wildman–Crippen MR) is 64.0 cm³/mol. The van der Waals surface area contributed by atoms with Gasteiger partial charge in [0.05, 0.1) is 12.9 Å². The van der Waals surface area contributed by atoms with Gasteiger partial charge in [-0.2, -0.15) is 14.4 Å². The zero-order valence-electron chi connectivity index (χ0n) is 10.3. The first-order valence-corrected chi connectivity index (χ1v) is 5.92. The number of nitrogens with one attached hydrogen (secondary N) is 1. The number of ether oxygens (including phenoxy) is 1. The molecule has 3 rings (SSSR count). The van der Waals surface area contributed by atoms with Crippen molar-refractivity contribution >= 4 is 23.0 Å². The molecule has 3 heterocycles. The topological polar surface area (TPSA) is 84.0 Å². The van der Waals surface area contributed by atoms with Crippen LogP contribution < -0.4 is 4.90 Å². The van der Waals surface area contributed by atoms with Gasteiger partial charge in [0.1, 0.15) is 11.6 Å². The van der Waals surface area contributed by atoms with Gasteiger partial charge < -0.3 is 14.6 Å². The summed E-state index contributed by atoms with van der Waals surface area (Å²) in [6.45, 7) is 2.51. The maximum atomic E-state index is 13.3. The molecule has 1 aliphatic heterocycles. The van der Waals surface area contributed by atoms with Crippen LogP contribution in [0.4, 0.5) is 10.2 Å². The third-order valence-corrected chi connectivity index (χ3v) is 3.02. The molecule has 0 bridgehead atoms. The lowest BCUT2D eigenvalue weighted by Crippen LogP contribution is -2.25. The molecule has 0 amide bonds. The Labute approximate surface area is 107 Å². The van der Waals surface area contributed by atoms with Crippen LogP contribution in [0.3, 0.4) is 0 Å². The summed E-state index contributed by atoms with van der Waals surface area (Å²) >= 11 is 0. The molecule has 1 aliphatic rings. The lowest BCUT2D eigenvalue weighted by atomic mass is 10.3. The number of hydrogen-bond acceptors (Lipinski definition) is 6. The molecule has 7 nitrogen and oxygen atoms in total. The number of fused-ring (bicyclic) bond motifs is 1. The minimum Gasteiger partial charge on any atom is -0.461 e. The Morgan fingerprint density at radius 3 is 3.21 bits per heavy atom. The molecule has 2 aromatic rings. The summed E-state index contributed by atoms with van der Waals surface area (Å²) in [6.07, 6.45) is 1.14. The van der Waals surface area contributed by atoms with Crippen LogP contribution >= 0.6 is 0 Å². The van der Waals surface area contributed by atoms with E-state index in [1.807, 2.05) is 4.90 Å². The van der Waals surface area contributed by atoms with E-state index >= 15 is 0 Å². The first-order chi connectivity index (χ1) is 9.13. The number of hydrogen-bond donors (Lipinski definition) is 1. The van der Waals surface area contributed by atoms with Gasteiger partial charge in [-0.15, -0.1) is 0 Å². The van der Waals surface area contributed by atoms with Crippen LogP contribution in [0.5, 0.6) is 0 Å². The Morgan fingerprint density at radius 2 is 2.42 bits per heavy atom. The molecule has 0 saturated carbocycles. The van der Waals surface area contributed by atoms with Crippen molar-refractivity contribution in [3.63, 3.8) is 0 Å². The molecule has 1 atom stereocenters. The summed E-state index contributed by atoms with van der Waals surface area (Å²) < 4.78 is 18.5. The zero-order chi connectivity index (χ0) is 13.4. The van der Waals surface area contributed by atoms with Crippen LogP contribution in [0.25, 0.3) is 11.2 Å². The van der Waals surface area contributed by atoms with Crippen molar-refractivity contribution in [3.8, 4) is 0 Å². The van der Waals surface area contributed by atoms with Gasteiger partial charge in [0, 0.05) is 19.9 Å². The molecular weight excluding hydrogens is 253 g/mol. The number of carbonyl (C=O) groups is 1. The van der Waals surface area contributed by atoms with E-state index in [0.717, 1.165) is 0 Å². The summed E-state index contributed by atoms with van der Waals surface area (Å²) in [6, 6.07) is 0. The lowest BCUT2D eigenvalue weighted by molar-refractivity contribution is -0.145. The van der Waals surface area contributed by atoms with Gasteiger partial charge in [-0.1, -0.05) is 0 Å². The zero-order valence-corrected chi connectivity index (χ0v) is 10.3. The maximum Gasteiger partial charge on any atom is 0.312 e. The van der Waals surface area contributed by atoms with E-state index in [1.165, 1.54) is 13.3 Å². The Morgan fingerprint density at radius 1 is 1.58 bits per heavy atom. The Bertz CT molecular complexity index is 629. The fourth-order valence-electron chi connectivity index (χ4n) is 2.27. The van der Waals surface area contributed by atoms with Gasteiger partial charge in [-0.3, -0.25) is 4.79 Å². The number of halogens is 1. The Balaban J connectivity index is 1.89. The molecule has 1 N–H and O–H groups in total. The maximum absolute atomic E-state index is 13.3. The van der Waals surface area contributed by atoms with E-state index < -0.39 is 6.08 Å². The van der Waals surface area contributed by atoms with E-state index in [0.29, 0.717) is 36.5 Å². The van der Waals surface area contributed by atoms with Crippen LogP contribution in [-0.2, 0) is 9.53 Å². The highest BCUT2D eigenvalue weighted by Gasteiger charge is 2.28. The number of aromatic nitrogens is 4. The van der Waals surface area contributed by atoms with Crippen molar-refractivity contribution in [1.82, 2.24) is 19.9 Å². The fourth-order valence-corrected chi connectivity index (χ4v) is 2.27. The smallest absolute Gasteiger partial charge is 0.312 e. The van der Waals surface area contributed by atoms with Gasteiger partial charge in [0.15, 0.2) is 11.5 Å². The van der Waals surface area contributed by atoms with Gasteiger partial charge in [-0.05, 0) is 0 Å². The molecule has 0 aliphatic carbocycles. The van der Waals surface area contributed by atoms with Crippen LogP contribution in [0.1, 0.15) is 13.3 Å². The monoisotopic (exact) mass is 265 g/mol. The van der Waals surface area contributed by atoms with E-state index in [9.17, 15) is 9.18 Å². The molecule has 1 fully saturated rings. The Hall–Kier alpha value is -2.25.